The van der Waals surface area contributed by atoms with Crippen LogP contribution in [-0.2, 0) is 15.0 Å². The first-order chi connectivity index (χ1) is 13.1. The van der Waals surface area contributed by atoms with Gasteiger partial charge in [-0.05, 0) is 31.9 Å². The maximum absolute atomic E-state index is 13.2. The number of amides is 1. The van der Waals surface area contributed by atoms with E-state index in [4.69, 9.17) is 9.88 Å². The number of nitrogens with two attached hydrogens (primary N) is 1. The van der Waals surface area contributed by atoms with Gasteiger partial charge in [0.25, 0.3) is 10.2 Å². The minimum absolute atomic E-state index is 0.0432. The molecule has 0 saturated carbocycles. The van der Waals surface area contributed by atoms with Crippen molar-refractivity contribution in [3.05, 3.63) is 48.2 Å². The molecule has 0 unspecified atom stereocenters. The third kappa shape index (κ3) is 4.26. The van der Waals surface area contributed by atoms with Crippen molar-refractivity contribution in [3.8, 4) is 11.5 Å². The summed E-state index contributed by atoms with van der Waals surface area (Å²) in [5.41, 5.74) is -1.32. The normalized spacial score (nSPS) is 20.1. The zero-order valence-corrected chi connectivity index (χ0v) is 15.7. The zero-order chi connectivity index (χ0) is 20.5. The Labute approximate surface area is 160 Å². The summed E-state index contributed by atoms with van der Waals surface area (Å²) in [6, 6.07) is 5.61. The van der Waals surface area contributed by atoms with Crippen molar-refractivity contribution in [2.45, 2.75) is 25.3 Å². The van der Waals surface area contributed by atoms with E-state index in [9.17, 15) is 22.0 Å². The number of carbonyl (C=O) groups excluding carboxylic acids is 1. The number of hydrogen-bond acceptors (Lipinski definition) is 5. The molecule has 2 heterocycles. The van der Waals surface area contributed by atoms with E-state index in [2.05, 4.69) is 10.3 Å². The molecule has 1 aliphatic heterocycles. The molecule has 1 aromatic heterocycles. The van der Waals surface area contributed by atoms with Crippen molar-refractivity contribution < 1.29 is 26.7 Å². The second-order valence-electron chi connectivity index (χ2n) is 6.53. The van der Waals surface area contributed by atoms with Crippen LogP contribution < -0.4 is 15.2 Å². The van der Waals surface area contributed by atoms with E-state index in [1.165, 1.54) is 25.3 Å². The SMILES string of the molecule is C[C@]1(C(=O)Nc2ccc(Oc3cc(F)cc(F)c3)cn2)CCCN1S(N)(=O)=O. The van der Waals surface area contributed by atoms with Crippen LogP contribution in [0.2, 0.25) is 0 Å². The molecule has 2 aromatic rings. The number of nitrogens with zero attached hydrogens (tertiary/aromatic N) is 2. The molecule has 1 atom stereocenters. The molecule has 1 fully saturated rings. The molecule has 8 nitrogen and oxygen atoms in total. The molecule has 1 aliphatic rings. The van der Waals surface area contributed by atoms with E-state index >= 15 is 0 Å². The Morgan fingerprint density at radius 3 is 2.50 bits per heavy atom. The lowest BCUT2D eigenvalue weighted by Gasteiger charge is -2.31. The molecule has 1 aromatic carbocycles. The van der Waals surface area contributed by atoms with E-state index < -0.39 is 33.3 Å². The van der Waals surface area contributed by atoms with Crippen molar-refractivity contribution in [3.63, 3.8) is 0 Å². The first-order valence-corrected chi connectivity index (χ1v) is 9.80. The monoisotopic (exact) mass is 412 g/mol. The van der Waals surface area contributed by atoms with Crippen LogP contribution in [0.1, 0.15) is 19.8 Å². The topological polar surface area (TPSA) is 115 Å². The lowest BCUT2D eigenvalue weighted by Crippen LogP contribution is -2.55. The van der Waals surface area contributed by atoms with Crippen LogP contribution >= 0.6 is 0 Å². The molecule has 0 spiro atoms. The van der Waals surface area contributed by atoms with Crippen molar-refractivity contribution in [2.75, 3.05) is 11.9 Å². The number of pyridine rings is 1. The summed E-state index contributed by atoms with van der Waals surface area (Å²) in [5.74, 6) is -1.82. The predicted molar refractivity (Wildman–Crippen MR) is 96.8 cm³/mol. The number of anilines is 1. The number of rotatable bonds is 5. The number of carbonyl (C=O) groups is 1. The predicted octanol–water partition coefficient (Wildman–Crippen LogP) is 2.15. The van der Waals surface area contributed by atoms with Gasteiger partial charge in [-0.15, -0.1) is 0 Å². The van der Waals surface area contributed by atoms with Gasteiger partial charge in [-0.25, -0.2) is 18.9 Å². The van der Waals surface area contributed by atoms with Crippen LogP contribution in [0.4, 0.5) is 14.6 Å². The quantitative estimate of drug-likeness (QED) is 0.781. The lowest BCUT2D eigenvalue weighted by atomic mass is 9.99. The molecule has 150 valence electrons. The minimum Gasteiger partial charge on any atom is -0.456 e. The third-order valence-electron chi connectivity index (χ3n) is 4.42. The molecule has 0 aliphatic carbocycles. The van der Waals surface area contributed by atoms with Gasteiger partial charge in [0.15, 0.2) is 0 Å². The van der Waals surface area contributed by atoms with E-state index in [0.29, 0.717) is 12.8 Å². The molecule has 0 radical (unpaired) electrons. The number of halogens is 2. The maximum Gasteiger partial charge on any atom is 0.277 e. The number of benzene rings is 1. The Morgan fingerprint density at radius 1 is 1.25 bits per heavy atom. The number of nitrogens with one attached hydrogen (secondary N) is 1. The summed E-state index contributed by atoms with van der Waals surface area (Å²) in [4.78, 5) is 16.6. The molecule has 28 heavy (non-hydrogen) atoms. The van der Waals surface area contributed by atoms with Crippen LogP contribution in [0, 0.1) is 11.6 Å². The van der Waals surface area contributed by atoms with Crippen molar-refractivity contribution >= 4 is 21.9 Å². The number of ether oxygens (including phenoxy) is 1. The molecule has 0 bridgehead atoms. The Balaban J connectivity index is 1.71. The fourth-order valence-electron chi connectivity index (χ4n) is 3.06. The summed E-state index contributed by atoms with van der Waals surface area (Å²) in [5, 5.41) is 7.74. The van der Waals surface area contributed by atoms with Crippen LogP contribution in [0.25, 0.3) is 0 Å². The third-order valence-corrected chi connectivity index (χ3v) is 5.62. The molecule has 3 rings (SSSR count). The number of aromatic nitrogens is 1. The van der Waals surface area contributed by atoms with E-state index in [1.54, 1.807) is 0 Å². The van der Waals surface area contributed by atoms with Gasteiger partial charge in [-0.2, -0.15) is 12.7 Å². The molecule has 3 N–H and O–H groups in total. The first kappa shape index (κ1) is 20.1. The minimum atomic E-state index is -4.03. The van der Waals surface area contributed by atoms with Gasteiger partial charge in [0.1, 0.15) is 34.5 Å². The number of hydrogen-bond donors (Lipinski definition) is 2. The molecule has 1 amide bonds. The van der Waals surface area contributed by atoms with Gasteiger partial charge in [0.2, 0.25) is 5.91 Å². The first-order valence-electron chi connectivity index (χ1n) is 8.30. The summed E-state index contributed by atoms with van der Waals surface area (Å²) in [7, 11) is -4.03. The van der Waals surface area contributed by atoms with Gasteiger partial charge >= 0.3 is 0 Å². The highest BCUT2D eigenvalue weighted by Crippen LogP contribution is 2.32. The zero-order valence-electron chi connectivity index (χ0n) is 14.9. The Morgan fingerprint density at radius 2 is 1.93 bits per heavy atom. The largest absolute Gasteiger partial charge is 0.456 e. The summed E-state index contributed by atoms with van der Waals surface area (Å²) in [6.45, 7) is 1.66. The van der Waals surface area contributed by atoms with Crippen LogP contribution in [0.5, 0.6) is 11.5 Å². The fourth-order valence-corrected chi connectivity index (χ4v) is 4.18. The molecule has 11 heteroatoms. The van der Waals surface area contributed by atoms with Crippen LogP contribution in [-0.4, -0.2) is 35.7 Å². The Hall–Kier alpha value is -2.63. The lowest BCUT2D eigenvalue weighted by molar-refractivity contribution is -0.123. The second-order valence-corrected chi connectivity index (χ2v) is 8.01. The van der Waals surface area contributed by atoms with E-state index in [1.807, 2.05) is 0 Å². The van der Waals surface area contributed by atoms with Gasteiger partial charge < -0.3 is 10.1 Å². The van der Waals surface area contributed by atoms with Crippen LogP contribution in [0.3, 0.4) is 0 Å². The molecular weight excluding hydrogens is 394 g/mol. The van der Waals surface area contributed by atoms with Gasteiger partial charge in [0, 0.05) is 24.7 Å². The van der Waals surface area contributed by atoms with Gasteiger partial charge in [0.05, 0.1) is 6.20 Å². The Bertz CT molecular complexity index is 980. The highest BCUT2D eigenvalue weighted by molar-refractivity contribution is 7.86. The van der Waals surface area contributed by atoms with E-state index in [0.717, 1.165) is 22.5 Å². The van der Waals surface area contributed by atoms with Crippen molar-refractivity contribution in [1.82, 2.24) is 9.29 Å². The standard InChI is InChI=1S/C17H18F2N4O4S/c1-17(5-2-6-23(17)28(20,25)26)16(24)22-15-4-3-13(10-21-15)27-14-8-11(18)7-12(19)9-14/h3-4,7-10H,2,5-6H2,1H3,(H2,20,25,26)(H,21,22,24)/t17-/m1/s1. The van der Waals surface area contributed by atoms with Gasteiger partial charge in [-0.1, -0.05) is 0 Å². The molecular formula is C17H18F2N4O4S. The summed E-state index contributed by atoms with van der Waals surface area (Å²) >= 11 is 0. The highest BCUT2D eigenvalue weighted by Gasteiger charge is 2.48. The molecule has 1 saturated heterocycles. The van der Waals surface area contributed by atoms with Crippen molar-refractivity contribution in [1.29, 1.82) is 0 Å². The maximum atomic E-state index is 13.2. The summed E-state index contributed by atoms with van der Waals surface area (Å²) < 4.78 is 56.1. The Kier molecular flexibility index (Phi) is 5.33. The fraction of sp³-hybridized carbons (Fsp3) is 0.294. The average Bonchev–Trinajstić information content (AvgIpc) is 2.99. The van der Waals surface area contributed by atoms with Gasteiger partial charge in [-0.3, -0.25) is 4.79 Å². The highest BCUT2D eigenvalue weighted by atomic mass is 32.2. The average molecular weight is 412 g/mol. The smallest absolute Gasteiger partial charge is 0.277 e. The summed E-state index contributed by atoms with van der Waals surface area (Å²) in [6.07, 6.45) is 2.08. The van der Waals surface area contributed by atoms with Crippen molar-refractivity contribution in [2.24, 2.45) is 5.14 Å². The second kappa shape index (κ2) is 7.41. The van der Waals surface area contributed by atoms with E-state index in [-0.39, 0.29) is 23.9 Å². The van der Waals surface area contributed by atoms with Crippen LogP contribution in [0.15, 0.2) is 36.5 Å².